The Morgan fingerprint density at radius 2 is 1.84 bits per heavy atom. The summed E-state index contributed by atoms with van der Waals surface area (Å²) < 4.78 is 45.1. The van der Waals surface area contributed by atoms with Gasteiger partial charge < -0.3 is 14.6 Å². The van der Waals surface area contributed by atoms with Gasteiger partial charge in [-0.05, 0) is 24.3 Å². The quantitative estimate of drug-likeness (QED) is 0.880. The second-order valence-electron chi connectivity index (χ2n) is 6.38. The van der Waals surface area contributed by atoms with Crippen molar-refractivity contribution >= 4 is 11.6 Å². The van der Waals surface area contributed by atoms with Gasteiger partial charge in [-0.1, -0.05) is 25.9 Å². The summed E-state index contributed by atoms with van der Waals surface area (Å²) in [4.78, 5) is 16.1. The third kappa shape index (κ3) is 6.09. The molecule has 1 N–H and O–H groups in total. The zero-order valence-electron chi connectivity index (χ0n) is 14.0. The Balaban J connectivity index is 1.85. The van der Waals surface area contributed by atoms with Gasteiger partial charge in [-0.2, -0.15) is 4.98 Å². The van der Waals surface area contributed by atoms with Gasteiger partial charge in [0.25, 0.3) is 0 Å². The van der Waals surface area contributed by atoms with Gasteiger partial charge in [-0.25, -0.2) is 0 Å². The third-order valence-corrected chi connectivity index (χ3v) is 3.08. The number of aryl methyl sites for hydroxylation is 1. The van der Waals surface area contributed by atoms with Crippen LogP contribution in [0.25, 0.3) is 0 Å². The monoisotopic (exact) mass is 357 g/mol. The van der Waals surface area contributed by atoms with Gasteiger partial charge in [-0.3, -0.25) is 4.79 Å². The molecule has 2 rings (SSSR count). The molecule has 0 saturated carbocycles. The topological polar surface area (TPSA) is 77.2 Å². The molecule has 1 amide bonds. The van der Waals surface area contributed by atoms with Gasteiger partial charge in [0.2, 0.25) is 11.8 Å². The van der Waals surface area contributed by atoms with Gasteiger partial charge in [0.15, 0.2) is 5.82 Å². The Hall–Kier alpha value is -2.58. The Labute approximate surface area is 142 Å². The van der Waals surface area contributed by atoms with E-state index >= 15 is 0 Å². The zero-order valence-corrected chi connectivity index (χ0v) is 14.0. The van der Waals surface area contributed by atoms with Crippen molar-refractivity contribution in [1.82, 2.24) is 10.1 Å². The molecule has 1 aromatic carbocycles. The number of benzene rings is 1. The molecule has 0 atom stereocenters. The van der Waals surface area contributed by atoms with Crippen molar-refractivity contribution in [2.45, 2.75) is 45.4 Å². The molecule has 0 spiro atoms. The van der Waals surface area contributed by atoms with Crippen LogP contribution >= 0.6 is 0 Å². The number of nitrogens with zero attached hydrogens (tertiary/aromatic N) is 2. The van der Waals surface area contributed by atoms with Crippen LogP contribution in [0.3, 0.4) is 0 Å². The van der Waals surface area contributed by atoms with Crippen LogP contribution < -0.4 is 10.1 Å². The van der Waals surface area contributed by atoms with E-state index in [-0.39, 0.29) is 29.9 Å². The number of hydrogen-bond donors (Lipinski definition) is 1. The summed E-state index contributed by atoms with van der Waals surface area (Å²) in [6, 6.07) is 4.89. The predicted octanol–water partition coefficient (Wildman–Crippen LogP) is 3.84. The van der Waals surface area contributed by atoms with Crippen LogP contribution in [-0.2, 0) is 16.6 Å². The highest BCUT2D eigenvalue weighted by molar-refractivity contribution is 5.90. The van der Waals surface area contributed by atoms with E-state index in [1.807, 2.05) is 20.8 Å². The van der Waals surface area contributed by atoms with Gasteiger partial charge >= 0.3 is 6.36 Å². The van der Waals surface area contributed by atoms with Gasteiger partial charge in [0.1, 0.15) is 5.75 Å². The molecule has 0 aliphatic rings. The average Bonchev–Trinajstić information content (AvgIpc) is 2.95. The van der Waals surface area contributed by atoms with Crippen LogP contribution in [0.2, 0.25) is 0 Å². The molecule has 6 nitrogen and oxygen atoms in total. The number of carbonyl (C=O) groups is 1. The number of ether oxygens (including phenoxy) is 1. The Morgan fingerprint density at radius 3 is 2.36 bits per heavy atom. The molecule has 0 unspecified atom stereocenters. The van der Waals surface area contributed by atoms with Crippen molar-refractivity contribution in [3.8, 4) is 5.75 Å². The zero-order chi connectivity index (χ0) is 18.7. The minimum absolute atomic E-state index is 0.104. The summed E-state index contributed by atoms with van der Waals surface area (Å²) in [5, 5.41) is 6.44. The Morgan fingerprint density at radius 1 is 1.20 bits per heavy atom. The first-order valence-corrected chi connectivity index (χ1v) is 7.52. The lowest BCUT2D eigenvalue weighted by atomic mass is 9.96. The number of rotatable bonds is 5. The number of carbonyl (C=O) groups excluding carboxylic acids is 1. The Kier molecular flexibility index (Phi) is 5.34. The van der Waals surface area contributed by atoms with Crippen LogP contribution in [0.5, 0.6) is 5.75 Å². The molecule has 0 radical (unpaired) electrons. The highest BCUT2D eigenvalue weighted by Crippen LogP contribution is 2.24. The summed E-state index contributed by atoms with van der Waals surface area (Å²) in [7, 11) is 0. The lowest BCUT2D eigenvalue weighted by Gasteiger charge is -2.10. The SMILES string of the molecule is CC(C)(C)c1noc(CCC(=O)Nc2ccc(OC(F)(F)F)cc2)n1. The van der Waals surface area contributed by atoms with E-state index in [2.05, 4.69) is 20.2 Å². The van der Waals surface area contributed by atoms with Gasteiger partial charge in [-0.15, -0.1) is 13.2 Å². The van der Waals surface area contributed by atoms with Crippen LogP contribution in [0.15, 0.2) is 28.8 Å². The minimum atomic E-state index is -4.75. The summed E-state index contributed by atoms with van der Waals surface area (Å²) in [6.45, 7) is 5.83. The fourth-order valence-electron chi connectivity index (χ4n) is 1.84. The molecular weight excluding hydrogens is 339 g/mol. The van der Waals surface area contributed by atoms with Crippen LogP contribution in [-0.4, -0.2) is 22.4 Å². The number of nitrogens with one attached hydrogen (secondary N) is 1. The first-order chi connectivity index (χ1) is 11.5. The number of halogens is 3. The van der Waals surface area contributed by atoms with Crippen molar-refractivity contribution < 1.29 is 27.2 Å². The van der Waals surface area contributed by atoms with Gasteiger partial charge in [0, 0.05) is 23.9 Å². The molecule has 25 heavy (non-hydrogen) atoms. The number of hydrogen-bond acceptors (Lipinski definition) is 5. The third-order valence-electron chi connectivity index (χ3n) is 3.08. The normalized spacial score (nSPS) is 12.1. The van der Waals surface area contributed by atoms with Crippen LogP contribution in [0.4, 0.5) is 18.9 Å². The molecule has 1 heterocycles. The number of anilines is 1. The second-order valence-corrected chi connectivity index (χ2v) is 6.38. The van der Waals surface area contributed by atoms with E-state index in [4.69, 9.17) is 4.52 Å². The fourth-order valence-corrected chi connectivity index (χ4v) is 1.84. The van der Waals surface area contributed by atoms with Crippen molar-refractivity contribution in [2.24, 2.45) is 0 Å². The average molecular weight is 357 g/mol. The van der Waals surface area contributed by atoms with Gasteiger partial charge in [0.05, 0.1) is 0 Å². The minimum Gasteiger partial charge on any atom is -0.406 e. The molecule has 9 heteroatoms. The molecule has 0 aliphatic heterocycles. The number of amides is 1. The first kappa shape index (κ1) is 18.8. The molecule has 0 aliphatic carbocycles. The van der Waals surface area contributed by atoms with Crippen LogP contribution in [0, 0.1) is 0 Å². The van der Waals surface area contributed by atoms with Crippen molar-refractivity contribution in [1.29, 1.82) is 0 Å². The lowest BCUT2D eigenvalue weighted by molar-refractivity contribution is -0.274. The van der Waals surface area contributed by atoms with Crippen molar-refractivity contribution in [3.05, 3.63) is 36.0 Å². The summed E-state index contributed by atoms with van der Waals surface area (Å²) in [5.74, 6) is 0.239. The van der Waals surface area contributed by atoms with E-state index in [0.29, 0.717) is 17.4 Å². The molecule has 136 valence electrons. The van der Waals surface area contributed by atoms with E-state index < -0.39 is 6.36 Å². The van der Waals surface area contributed by atoms with E-state index in [9.17, 15) is 18.0 Å². The maximum absolute atomic E-state index is 12.1. The highest BCUT2D eigenvalue weighted by atomic mass is 19.4. The molecule has 0 saturated heterocycles. The Bertz CT molecular complexity index is 719. The van der Waals surface area contributed by atoms with E-state index in [1.54, 1.807) is 0 Å². The fraction of sp³-hybridized carbons (Fsp3) is 0.438. The standard InChI is InChI=1S/C16H18F3N3O3/c1-15(2,3)14-21-13(25-22-14)9-8-12(23)20-10-4-6-11(7-5-10)24-16(17,18)19/h4-7H,8-9H2,1-3H3,(H,20,23). The maximum atomic E-state index is 12.1. The number of aromatic nitrogens is 2. The summed E-state index contributed by atoms with van der Waals surface area (Å²) in [5.41, 5.74) is 0.116. The largest absolute Gasteiger partial charge is 0.573 e. The second kappa shape index (κ2) is 7.12. The highest BCUT2D eigenvalue weighted by Gasteiger charge is 2.31. The van der Waals surface area contributed by atoms with E-state index in [1.165, 1.54) is 12.1 Å². The van der Waals surface area contributed by atoms with Crippen molar-refractivity contribution in [3.63, 3.8) is 0 Å². The summed E-state index contributed by atoms with van der Waals surface area (Å²) >= 11 is 0. The van der Waals surface area contributed by atoms with Crippen LogP contribution in [0.1, 0.15) is 38.9 Å². The molecular formula is C16H18F3N3O3. The molecule has 1 aromatic heterocycles. The smallest absolute Gasteiger partial charge is 0.406 e. The predicted molar refractivity (Wildman–Crippen MR) is 83.1 cm³/mol. The van der Waals surface area contributed by atoms with E-state index in [0.717, 1.165) is 12.1 Å². The molecule has 2 aromatic rings. The molecule has 0 fully saturated rings. The van der Waals surface area contributed by atoms with Crippen molar-refractivity contribution in [2.75, 3.05) is 5.32 Å². The molecule has 0 bridgehead atoms. The summed E-state index contributed by atoms with van der Waals surface area (Å²) in [6.07, 6.45) is -4.38. The first-order valence-electron chi connectivity index (χ1n) is 7.52. The number of alkyl halides is 3. The maximum Gasteiger partial charge on any atom is 0.573 e. The lowest BCUT2D eigenvalue weighted by Crippen LogP contribution is -2.17.